The Morgan fingerprint density at radius 3 is 2.52 bits per heavy atom. The molecule has 0 saturated carbocycles. The van der Waals surface area contributed by atoms with Crippen LogP contribution in [0.25, 0.3) is 0 Å². The lowest BCUT2D eigenvalue weighted by molar-refractivity contribution is -0.00501. The molecule has 0 amide bonds. The summed E-state index contributed by atoms with van der Waals surface area (Å²) in [5.74, 6) is 2.08. The second-order valence-electron chi connectivity index (χ2n) is 7.51. The molecule has 0 radical (unpaired) electrons. The lowest BCUT2D eigenvalue weighted by Crippen LogP contribution is -2.57. The van der Waals surface area contributed by atoms with Gasteiger partial charge in [0, 0.05) is 43.8 Å². The Morgan fingerprint density at radius 2 is 1.93 bits per heavy atom. The average molecular weight is 380 g/mol. The molecule has 2 heterocycles. The van der Waals surface area contributed by atoms with Crippen molar-refractivity contribution in [3.05, 3.63) is 17.5 Å². The van der Waals surface area contributed by atoms with Gasteiger partial charge in [-0.25, -0.2) is 4.99 Å². The SMILES string of the molecule is CCNC(=NCc1cc(C(CC)CC)no1)NCC1(N(C)C)CCOCC1. The summed E-state index contributed by atoms with van der Waals surface area (Å²) < 4.78 is 11.0. The van der Waals surface area contributed by atoms with Crippen molar-refractivity contribution < 1.29 is 9.26 Å². The van der Waals surface area contributed by atoms with Gasteiger partial charge in [-0.15, -0.1) is 0 Å². The van der Waals surface area contributed by atoms with Gasteiger partial charge in [-0.1, -0.05) is 19.0 Å². The van der Waals surface area contributed by atoms with Gasteiger partial charge in [0.1, 0.15) is 6.54 Å². The van der Waals surface area contributed by atoms with E-state index >= 15 is 0 Å². The number of nitrogens with zero attached hydrogens (tertiary/aromatic N) is 3. The second kappa shape index (κ2) is 10.7. The zero-order chi connectivity index (χ0) is 19.7. The first-order valence-corrected chi connectivity index (χ1v) is 10.3. The average Bonchev–Trinajstić information content (AvgIpc) is 3.14. The second-order valence-corrected chi connectivity index (χ2v) is 7.51. The molecule has 0 aromatic carbocycles. The molecule has 2 N–H and O–H groups in total. The quantitative estimate of drug-likeness (QED) is 0.508. The van der Waals surface area contributed by atoms with Crippen LogP contribution in [0.4, 0.5) is 0 Å². The van der Waals surface area contributed by atoms with E-state index in [1.165, 1.54) is 0 Å². The predicted octanol–water partition coefficient (Wildman–Crippen LogP) is 2.74. The van der Waals surface area contributed by atoms with Crippen molar-refractivity contribution in [3.8, 4) is 0 Å². The van der Waals surface area contributed by atoms with Crippen LogP contribution < -0.4 is 10.6 Å². The normalized spacial score (nSPS) is 17.5. The van der Waals surface area contributed by atoms with Crippen molar-refractivity contribution in [2.45, 2.75) is 64.5 Å². The van der Waals surface area contributed by atoms with Crippen LogP contribution in [0.1, 0.15) is 63.8 Å². The third kappa shape index (κ3) is 5.94. The zero-order valence-corrected chi connectivity index (χ0v) is 17.7. The van der Waals surface area contributed by atoms with E-state index in [9.17, 15) is 0 Å². The minimum Gasteiger partial charge on any atom is -0.381 e. The molecule has 1 aliphatic heterocycles. The Hall–Kier alpha value is -1.60. The molecule has 1 saturated heterocycles. The lowest BCUT2D eigenvalue weighted by Gasteiger charge is -2.43. The molecule has 2 rings (SSSR count). The third-order valence-corrected chi connectivity index (χ3v) is 5.68. The summed E-state index contributed by atoms with van der Waals surface area (Å²) in [5.41, 5.74) is 1.14. The number of aromatic nitrogens is 1. The summed E-state index contributed by atoms with van der Waals surface area (Å²) in [6.07, 6.45) is 4.19. The summed E-state index contributed by atoms with van der Waals surface area (Å²) in [6.45, 7) is 10.2. The van der Waals surface area contributed by atoms with Crippen LogP contribution in [-0.2, 0) is 11.3 Å². The van der Waals surface area contributed by atoms with Crippen molar-refractivity contribution in [1.82, 2.24) is 20.7 Å². The van der Waals surface area contributed by atoms with Crippen LogP contribution >= 0.6 is 0 Å². The van der Waals surface area contributed by atoms with Crippen LogP contribution in [0, 0.1) is 0 Å². The van der Waals surface area contributed by atoms with E-state index < -0.39 is 0 Å². The van der Waals surface area contributed by atoms with E-state index in [-0.39, 0.29) is 5.54 Å². The number of likely N-dealkylation sites (N-methyl/N-ethyl adjacent to an activating group) is 1. The van der Waals surface area contributed by atoms with Gasteiger partial charge in [-0.05, 0) is 46.7 Å². The van der Waals surface area contributed by atoms with E-state index in [1.807, 2.05) is 6.07 Å². The standard InChI is InChI=1S/C20H37N5O2/c1-6-16(7-2)18-13-17(27-24-18)14-22-19(21-8-3)23-15-20(25(4)5)9-11-26-12-10-20/h13,16H,6-12,14-15H2,1-5H3,(H2,21,22,23). The maximum absolute atomic E-state index is 5.55. The molecule has 0 unspecified atom stereocenters. The molecule has 0 atom stereocenters. The molecule has 1 aromatic heterocycles. The largest absolute Gasteiger partial charge is 0.381 e. The van der Waals surface area contributed by atoms with Gasteiger partial charge in [-0.3, -0.25) is 0 Å². The molecule has 1 aliphatic rings. The maximum atomic E-state index is 5.55. The Kier molecular flexibility index (Phi) is 8.57. The number of nitrogens with one attached hydrogen (secondary N) is 2. The highest BCUT2D eigenvalue weighted by Crippen LogP contribution is 2.25. The topological polar surface area (TPSA) is 74.9 Å². The van der Waals surface area contributed by atoms with Gasteiger partial charge in [-0.2, -0.15) is 0 Å². The molecular formula is C20H37N5O2. The molecule has 0 aliphatic carbocycles. The summed E-state index contributed by atoms with van der Waals surface area (Å²) in [4.78, 5) is 7.00. The third-order valence-electron chi connectivity index (χ3n) is 5.68. The van der Waals surface area contributed by atoms with Crippen LogP contribution in [-0.4, -0.2) is 62.0 Å². The lowest BCUT2D eigenvalue weighted by atomic mass is 9.88. The minimum atomic E-state index is 0.101. The van der Waals surface area contributed by atoms with Gasteiger partial charge < -0.3 is 24.8 Å². The molecule has 1 aromatic rings. The number of hydrogen-bond acceptors (Lipinski definition) is 5. The molecule has 7 nitrogen and oxygen atoms in total. The fraction of sp³-hybridized carbons (Fsp3) is 0.800. The van der Waals surface area contributed by atoms with E-state index in [1.54, 1.807) is 0 Å². The van der Waals surface area contributed by atoms with Crippen LogP contribution in [0.2, 0.25) is 0 Å². The summed E-state index contributed by atoms with van der Waals surface area (Å²) in [5, 5.41) is 11.1. The Labute approximate surface area is 163 Å². The predicted molar refractivity (Wildman–Crippen MR) is 109 cm³/mol. The van der Waals surface area contributed by atoms with Crippen molar-refractivity contribution >= 4 is 5.96 Å². The molecule has 0 bridgehead atoms. The Balaban J connectivity index is 1.99. The molecule has 1 fully saturated rings. The molecule has 154 valence electrons. The van der Waals surface area contributed by atoms with Crippen molar-refractivity contribution in [2.75, 3.05) is 40.4 Å². The molecule has 0 spiro atoms. The number of hydrogen-bond donors (Lipinski definition) is 2. The smallest absolute Gasteiger partial charge is 0.191 e. The molecule has 7 heteroatoms. The van der Waals surface area contributed by atoms with Crippen LogP contribution in [0.5, 0.6) is 0 Å². The number of guanidine groups is 1. The monoisotopic (exact) mass is 379 g/mol. The highest BCUT2D eigenvalue weighted by Gasteiger charge is 2.34. The summed E-state index contributed by atoms with van der Waals surface area (Å²) >= 11 is 0. The first-order valence-electron chi connectivity index (χ1n) is 10.3. The zero-order valence-electron chi connectivity index (χ0n) is 17.7. The van der Waals surface area contributed by atoms with Crippen molar-refractivity contribution in [3.63, 3.8) is 0 Å². The van der Waals surface area contributed by atoms with Crippen LogP contribution in [0.3, 0.4) is 0 Å². The minimum absolute atomic E-state index is 0.101. The number of ether oxygens (including phenoxy) is 1. The molecule has 27 heavy (non-hydrogen) atoms. The van der Waals surface area contributed by atoms with Crippen LogP contribution in [0.15, 0.2) is 15.6 Å². The van der Waals surface area contributed by atoms with E-state index in [4.69, 9.17) is 14.3 Å². The van der Waals surface area contributed by atoms with Crippen molar-refractivity contribution in [2.24, 2.45) is 4.99 Å². The Morgan fingerprint density at radius 1 is 1.22 bits per heavy atom. The fourth-order valence-corrected chi connectivity index (χ4v) is 3.58. The summed E-state index contributed by atoms with van der Waals surface area (Å²) in [6, 6.07) is 2.05. The van der Waals surface area contributed by atoms with Crippen molar-refractivity contribution in [1.29, 1.82) is 0 Å². The van der Waals surface area contributed by atoms with Gasteiger partial charge in [0.05, 0.1) is 5.69 Å². The highest BCUT2D eigenvalue weighted by molar-refractivity contribution is 5.79. The van der Waals surface area contributed by atoms with Gasteiger partial charge in [0.15, 0.2) is 11.7 Å². The maximum Gasteiger partial charge on any atom is 0.191 e. The van der Waals surface area contributed by atoms with Gasteiger partial charge in [0.2, 0.25) is 0 Å². The van der Waals surface area contributed by atoms with E-state index in [0.717, 1.165) is 69.4 Å². The number of rotatable bonds is 9. The first kappa shape index (κ1) is 21.7. The highest BCUT2D eigenvalue weighted by atomic mass is 16.5. The summed E-state index contributed by atoms with van der Waals surface area (Å²) in [7, 11) is 4.29. The van der Waals surface area contributed by atoms with E-state index in [2.05, 4.69) is 55.6 Å². The van der Waals surface area contributed by atoms with E-state index in [0.29, 0.717) is 12.5 Å². The Bertz CT molecular complexity index is 575. The molecular weight excluding hydrogens is 342 g/mol. The first-order chi connectivity index (χ1) is 13.0. The van der Waals surface area contributed by atoms with Gasteiger partial charge in [0.25, 0.3) is 0 Å². The fourth-order valence-electron chi connectivity index (χ4n) is 3.58. The number of aliphatic imine (C=N–C) groups is 1. The van der Waals surface area contributed by atoms with Gasteiger partial charge >= 0.3 is 0 Å².